The molecule has 0 spiro atoms. The van der Waals surface area contributed by atoms with Crippen molar-refractivity contribution in [3.63, 3.8) is 0 Å². The van der Waals surface area contributed by atoms with Crippen LogP contribution in [0.5, 0.6) is 5.75 Å². The molecule has 0 aliphatic carbocycles. The van der Waals surface area contributed by atoms with Gasteiger partial charge in [0, 0.05) is 13.1 Å². The Kier molecular flexibility index (Phi) is 3.34. The van der Waals surface area contributed by atoms with E-state index in [1.54, 1.807) is 0 Å². The fourth-order valence-electron chi connectivity index (χ4n) is 1.75. The van der Waals surface area contributed by atoms with Crippen molar-refractivity contribution < 1.29 is 9.53 Å². The summed E-state index contributed by atoms with van der Waals surface area (Å²) in [6, 6.07) is 7.67. The second-order valence-electron chi connectivity index (χ2n) is 4.02. The Balaban J connectivity index is 1.96. The minimum atomic E-state index is 0.287. The molecule has 0 amide bonds. The van der Waals surface area contributed by atoms with Gasteiger partial charge >= 0.3 is 0 Å². The van der Waals surface area contributed by atoms with E-state index < -0.39 is 0 Å². The maximum atomic E-state index is 10.0. The van der Waals surface area contributed by atoms with E-state index in [-0.39, 0.29) is 6.10 Å². The number of ether oxygens (including phenoxy) is 1. The maximum absolute atomic E-state index is 10.0. The van der Waals surface area contributed by atoms with E-state index in [2.05, 4.69) is 16.9 Å². The summed E-state index contributed by atoms with van der Waals surface area (Å²) in [5.74, 6) is 0.844. The third-order valence-electron chi connectivity index (χ3n) is 2.56. The molecule has 1 aliphatic heterocycles. The second kappa shape index (κ2) is 4.92. The van der Waals surface area contributed by atoms with Gasteiger partial charge in [-0.15, -0.1) is 0 Å². The number of likely N-dealkylation sites (N-methyl/N-ethyl adjacent to an activating group) is 1. The largest absolute Gasteiger partial charge is 0.488 e. The van der Waals surface area contributed by atoms with Crippen LogP contribution in [0.2, 0.25) is 0 Å². The van der Waals surface area contributed by atoms with Crippen molar-refractivity contribution in [3.8, 4) is 5.75 Å². The highest BCUT2D eigenvalue weighted by Gasteiger charge is 2.24. The molecular formula is C12H14N2O2. The summed E-state index contributed by atoms with van der Waals surface area (Å²) in [5, 5.41) is 0. The van der Waals surface area contributed by atoms with Gasteiger partial charge in [0.15, 0.2) is 0 Å². The zero-order valence-corrected chi connectivity index (χ0v) is 9.22. The smallest absolute Gasteiger partial charge is 0.235 e. The fraction of sp³-hybridized carbons (Fsp3) is 0.417. The Bertz CT molecular complexity index is 407. The molecule has 1 aromatic carbocycles. The lowest BCUT2D eigenvalue weighted by atomic mass is 10.2. The van der Waals surface area contributed by atoms with Crippen molar-refractivity contribution in [1.29, 1.82) is 0 Å². The van der Waals surface area contributed by atoms with Gasteiger partial charge in [0.05, 0.1) is 6.54 Å². The summed E-state index contributed by atoms with van der Waals surface area (Å²) in [7, 11) is 2.06. The van der Waals surface area contributed by atoms with Crippen LogP contribution in [0.1, 0.15) is 5.56 Å². The van der Waals surface area contributed by atoms with Crippen molar-refractivity contribution in [3.05, 3.63) is 29.8 Å². The fourth-order valence-corrected chi connectivity index (χ4v) is 1.75. The first-order valence-corrected chi connectivity index (χ1v) is 5.25. The van der Waals surface area contributed by atoms with E-state index in [1.807, 2.05) is 24.3 Å². The molecule has 1 fully saturated rings. The zero-order valence-electron chi connectivity index (χ0n) is 9.22. The quantitative estimate of drug-likeness (QED) is 0.563. The van der Waals surface area contributed by atoms with Gasteiger partial charge in [-0.05, 0) is 24.7 Å². The van der Waals surface area contributed by atoms with Gasteiger partial charge in [-0.25, -0.2) is 9.79 Å². The number of carbonyl (C=O) groups excluding carboxylic acids is 1. The predicted octanol–water partition coefficient (Wildman–Crippen LogP) is 1.22. The monoisotopic (exact) mass is 218 g/mol. The standard InChI is InChI=1S/C12H14N2O2/c1-14-7-12(8-14)16-11-4-2-3-10(5-11)6-13-9-15/h2-5,12H,6-8H2,1H3. The summed E-state index contributed by atoms with van der Waals surface area (Å²) in [6.45, 7) is 2.30. The lowest BCUT2D eigenvalue weighted by Crippen LogP contribution is -2.51. The lowest BCUT2D eigenvalue weighted by molar-refractivity contribution is 0.0388. The molecule has 16 heavy (non-hydrogen) atoms. The number of rotatable bonds is 4. The normalized spacial score (nSPS) is 16.3. The van der Waals surface area contributed by atoms with Gasteiger partial charge in [-0.3, -0.25) is 4.90 Å². The third kappa shape index (κ3) is 2.69. The summed E-state index contributed by atoms with van der Waals surface area (Å²) in [4.78, 5) is 15.7. The van der Waals surface area contributed by atoms with E-state index in [0.717, 1.165) is 24.4 Å². The van der Waals surface area contributed by atoms with Crippen LogP contribution in [0.4, 0.5) is 0 Å². The van der Waals surface area contributed by atoms with Crippen LogP contribution >= 0.6 is 0 Å². The Morgan fingerprint density at radius 1 is 1.56 bits per heavy atom. The topological polar surface area (TPSA) is 41.9 Å². The second-order valence-corrected chi connectivity index (χ2v) is 4.02. The number of hydrogen-bond donors (Lipinski definition) is 0. The SMILES string of the molecule is CN1CC(Oc2cccc(CN=C=O)c2)C1. The molecule has 2 rings (SSSR count). The predicted molar refractivity (Wildman–Crippen MR) is 60.2 cm³/mol. The molecule has 84 valence electrons. The molecule has 0 N–H and O–H groups in total. The molecule has 0 atom stereocenters. The van der Waals surface area contributed by atoms with Crippen molar-refractivity contribution >= 4 is 6.08 Å². The number of isocyanates is 1. The molecule has 1 saturated heterocycles. The molecular weight excluding hydrogens is 204 g/mol. The van der Waals surface area contributed by atoms with E-state index in [1.165, 1.54) is 6.08 Å². The van der Waals surface area contributed by atoms with Crippen LogP contribution in [-0.2, 0) is 11.3 Å². The van der Waals surface area contributed by atoms with Gasteiger partial charge in [-0.2, -0.15) is 0 Å². The number of likely N-dealkylation sites (tertiary alicyclic amines) is 1. The number of aliphatic imine (C=N–C) groups is 1. The van der Waals surface area contributed by atoms with Crippen LogP contribution in [0, 0.1) is 0 Å². The van der Waals surface area contributed by atoms with Crippen LogP contribution in [-0.4, -0.2) is 37.2 Å². The van der Waals surface area contributed by atoms with Crippen LogP contribution < -0.4 is 4.74 Å². The summed E-state index contributed by atoms with van der Waals surface area (Å²) in [6.07, 6.45) is 1.82. The van der Waals surface area contributed by atoms with Crippen LogP contribution in [0.15, 0.2) is 29.3 Å². The number of benzene rings is 1. The third-order valence-corrected chi connectivity index (χ3v) is 2.56. The molecule has 1 aliphatic rings. The van der Waals surface area contributed by atoms with Gasteiger partial charge in [0.25, 0.3) is 0 Å². The van der Waals surface area contributed by atoms with Gasteiger partial charge in [0.2, 0.25) is 6.08 Å². The zero-order chi connectivity index (χ0) is 11.4. The summed E-state index contributed by atoms with van der Waals surface area (Å²) >= 11 is 0. The first-order chi connectivity index (χ1) is 7.78. The number of hydrogen-bond acceptors (Lipinski definition) is 4. The first kappa shape index (κ1) is 10.9. The molecule has 0 bridgehead atoms. The van der Waals surface area contributed by atoms with E-state index in [4.69, 9.17) is 4.74 Å². The van der Waals surface area contributed by atoms with Crippen molar-refractivity contribution in [2.24, 2.45) is 4.99 Å². The molecule has 0 saturated carbocycles. The summed E-state index contributed by atoms with van der Waals surface area (Å²) < 4.78 is 5.76. The molecule has 0 unspecified atom stereocenters. The highest BCUT2D eigenvalue weighted by molar-refractivity contribution is 5.35. The van der Waals surface area contributed by atoms with Crippen LogP contribution in [0.25, 0.3) is 0 Å². The van der Waals surface area contributed by atoms with Gasteiger partial charge in [-0.1, -0.05) is 12.1 Å². The lowest BCUT2D eigenvalue weighted by Gasteiger charge is -2.36. The molecule has 4 heteroatoms. The minimum Gasteiger partial charge on any atom is -0.488 e. The summed E-state index contributed by atoms with van der Waals surface area (Å²) in [5.41, 5.74) is 0.966. The Morgan fingerprint density at radius 3 is 3.06 bits per heavy atom. The Labute approximate surface area is 94.5 Å². The molecule has 4 nitrogen and oxygen atoms in total. The first-order valence-electron chi connectivity index (χ1n) is 5.25. The molecule has 0 aromatic heterocycles. The molecule has 1 aromatic rings. The number of nitrogens with zero attached hydrogens (tertiary/aromatic N) is 2. The molecule has 1 heterocycles. The van der Waals surface area contributed by atoms with Gasteiger partial charge in [0.1, 0.15) is 11.9 Å². The van der Waals surface area contributed by atoms with E-state index in [9.17, 15) is 4.79 Å². The van der Waals surface area contributed by atoms with E-state index >= 15 is 0 Å². The van der Waals surface area contributed by atoms with Crippen molar-refractivity contribution in [1.82, 2.24) is 4.90 Å². The molecule has 0 radical (unpaired) electrons. The maximum Gasteiger partial charge on any atom is 0.235 e. The van der Waals surface area contributed by atoms with Crippen molar-refractivity contribution in [2.45, 2.75) is 12.6 Å². The van der Waals surface area contributed by atoms with Crippen molar-refractivity contribution in [2.75, 3.05) is 20.1 Å². The minimum absolute atomic E-state index is 0.287. The van der Waals surface area contributed by atoms with E-state index in [0.29, 0.717) is 6.54 Å². The highest BCUT2D eigenvalue weighted by atomic mass is 16.5. The Morgan fingerprint density at radius 2 is 2.38 bits per heavy atom. The Hall–Kier alpha value is -1.64. The highest BCUT2D eigenvalue weighted by Crippen LogP contribution is 2.18. The van der Waals surface area contributed by atoms with Crippen LogP contribution in [0.3, 0.4) is 0 Å². The average molecular weight is 218 g/mol. The average Bonchev–Trinajstić information content (AvgIpc) is 2.25. The van der Waals surface area contributed by atoms with Gasteiger partial charge < -0.3 is 4.74 Å².